The Hall–Kier alpha value is -4.66. The Morgan fingerprint density at radius 1 is 0.831 bits per heavy atom. The number of anilines is 1. The fourth-order valence-corrected chi connectivity index (χ4v) is 10.2. The molecule has 304 valence electrons. The topological polar surface area (TPSA) is 41.8 Å². The Balaban J connectivity index is 0.00000528. The number of fused-ring (bicyclic) bond motifs is 6. The summed E-state index contributed by atoms with van der Waals surface area (Å²) in [4.78, 5) is 14.8. The summed E-state index contributed by atoms with van der Waals surface area (Å²) in [5, 5.41) is 5.82. The van der Waals surface area contributed by atoms with Crippen LogP contribution in [0.1, 0.15) is 92.9 Å². The van der Waals surface area contributed by atoms with Gasteiger partial charge >= 0.3 is 5.97 Å². The van der Waals surface area contributed by atoms with Gasteiger partial charge in [-0.25, -0.2) is 4.79 Å². The third kappa shape index (κ3) is 7.24. The van der Waals surface area contributed by atoms with Crippen molar-refractivity contribution >= 4 is 56.2 Å². The summed E-state index contributed by atoms with van der Waals surface area (Å²) in [5.41, 5.74) is 12.5. The van der Waals surface area contributed by atoms with E-state index in [2.05, 4.69) is 155 Å². The van der Waals surface area contributed by atoms with Crippen molar-refractivity contribution in [3.05, 3.63) is 159 Å². The zero-order valence-corrected chi connectivity index (χ0v) is 38.6. The standard InChI is InChI=1S/C52H54ClN2O3.HI/c1-10-54-43-24-17-35-28-32(3)12-22-41(35)47(43)51(4,5)45(54)26-19-37-29-39(33-13-15-34(16-14-33)50(56)58-9)30-38(49(37)53)20-27-46-52(6,7)48-42-23-21-40(57-8)31-36(42)18-25-44(48)55(46)11-2;/h12-28,31,39H,10-11,29-30H2,1-9H3;1H/q+1;/p-1. The summed E-state index contributed by atoms with van der Waals surface area (Å²) < 4.78 is 13.0. The minimum Gasteiger partial charge on any atom is -1.00 e. The third-order valence-corrected chi connectivity index (χ3v) is 13.4. The molecule has 0 amide bonds. The predicted molar refractivity (Wildman–Crippen MR) is 242 cm³/mol. The maximum atomic E-state index is 12.3. The fourth-order valence-electron chi connectivity index (χ4n) is 9.97. The van der Waals surface area contributed by atoms with Gasteiger partial charge in [-0.3, -0.25) is 0 Å². The Morgan fingerprint density at radius 3 is 2.22 bits per heavy atom. The lowest BCUT2D eigenvalue weighted by atomic mass is 9.77. The molecule has 0 fully saturated rings. The number of esters is 1. The summed E-state index contributed by atoms with van der Waals surface area (Å²) in [6.45, 7) is 17.7. The minimum atomic E-state index is -0.331. The van der Waals surface area contributed by atoms with E-state index in [0.29, 0.717) is 5.56 Å². The van der Waals surface area contributed by atoms with Crippen LogP contribution in [0, 0.1) is 6.92 Å². The van der Waals surface area contributed by atoms with Gasteiger partial charge in [-0.05, 0) is 140 Å². The summed E-state index contributed by atoms with van der Waals surface area (Å²) in [5.74, 6) is 0.698. The third-order valence-electron chi connectivity index (χ3n) is 12.9. The van der Waals surface area contributed by atoms with Crippen molar-refractivity contribution in [1.29, 1.82) is 0 Å². The van der Waals surface area contributed by atoms with Gasteiger partial charge < -0.3 is 38.4 Å². The molecule has 5 aromatic carbocycles. The van der Waals surface area contributed by atoms with Crippen LogP contribution in [-0.4, -0.2) is 43.6 Å². The second-order valence-electron chi connectivity index (χ2n) is 17.0. The second-order valence-corrected chi connectivity index (χ2v) is 17.4. The normalized spacial score (nSPS) is 19.6. The van der Waals surface area contributed by atoms with E-state index >= 15 is 0 Å². The van der Waals surface area contributed by atoms with E-state index in [-0.39, 0.29) is 46.7 Å². The van der Waals surface area contributed by atoms with Crippen molar-refractivity contribution in [3.8, 4) is 5.75 Å². The Labute approximate surface area is 371 Å². The number of aryl methyl sites for hydroxylation is 1. The van der Waals surface area contributed by atoms with Crippen LogP contribution in [0.5, 0.6) is 5.75 Å². The molecule has 0 spiro atoms. The van der Waals surface area contributed by atoms with Crippen LogP contribution in [0.3, 0.4) is 0 Å². The SMILES string of the molecule is CCN1C(=CC=C2CC(c3ccc(C(=O)OC)cc3)CC(C=CC3=[N+](CC)c4ccc5cc(C)ccc5c4C3(C)C)=C2Cl)C(C)(C)c2c1ccc1cc(OC)ccc21.[I-]. The highest BCUT2D eigenvalue weighted by molar-refractivity contribution is 6.32. The number of hydrogen-bond acceptors (Lipinski definition) is 4. The van der Waals surface area contributed by atoms with Crippen LogP contribution in [0.25, 0.3) is 21.5 Å². The molecule has 1 atom stereocenters. The van der Waals surface area contributed by atoms with Crippen LogP contribution >= 0.6 is 11.6 Å². The number of methoxy groups -OCH3 is 2. The Bertz CT molecular complexity index is 2660. The van der Waals surface area contributed by atoms with Gasteiger partial charge in [0.25, 0.3) is 0 Å². The highest BCUT2D eigenvalue weighted by Crippen LogP contribution is 2.52. The van der Waals surface area contributed by atoms with E-state index in [4.69, 9.17) is 21.1 Å². The molecule has 5 aromatic rings. The number of benzene rings is 5. The quantitative estimate of drug-likeness (QED) is 0.0884. The molecule has 0 bridgehead atoms. The smallest absolute Gasteiger partial charge is 0.337 e. The lowest BCUT2D eigenvalue weighted by Crippen LogP contribution is -3.00. The van der Waals surface area contributed by atoms with E-state index < -0.39 is 0 Å². The number of halogens is 2. The first-order valence-electron chi connectivity index (χ1n) is 20.6. The first kappa shape index (κ1) is 42.5. The number of rotatable bonds is 8. The number of ether oxygens (including phenoxy) is 2. The molecular formula is C52H54ClIN2O3. The zero-order valence-electron chi connectivity index (χ0n) is 35.7. The van der Waals surface area contributed by atoms with Crippen molar-refractivity contribution in [2.24, 2.45) is 0 Å². The molecule has 0 saturated carbocycles. The number of hydrogen-bond donors (Lipinski definition) is 0. The average molecular weight is 917 g/mol. The molecule has 3 aliphatic rings. The molecule has 0 saturated heterocycles. The predicted octanol–water partition coefficient (Wildman–Crippen LogP) is 9.75. The highest BCUT2D eigenvalue weighted by atomic mass is 127. The summed E-state index contributed by atoms with van der Waals surface area (Å²) in [6, 6.07) is 30.1. The van der Waals surface area contributed by atoms with Gasteiger partial charge in [0.15, 0.2) is 5.71 Å². The summed E-state index contributed by atoms with van der Waals surface area (Å²) in [7, 11) is 3.14. The van der Waals surface area contributed by atoms with Crippen molar-refractivity contribution < 1.29 is 42.8 Å². The number of carbonyl (C=O) groups is 1. The number of nitrogens with zero attached hydrogens (tertiary/aromatic N) is 2. The van der Waals surface area contributed by atoms with Gasteiger partial charge in [-0.15, -0.1) is 0 Å². The van der Waals surface area contributed by atoms with Gasteiger partial charge in [0, 0.05) is 46.1 Å². The molecule has 1 unspecified atom stereocenters. The Morgan fingerprint density at radius 2 is 1.53 bits per heavy atom. The summed E-state index contributed by atoms with van der Waals surface area (Å²) >= 11 is 7.54. The lowest BCUT2D eigenvalue weighted by molar-refractivity contribution is -0.433. The second kappa shape index (κ2) is 16.4. The largest absolute Gasteiger partial charge is 1.00 e. The average Bonchev–Trinajstić information content (AvgIpc) is 3.59. The Kier molecular flexibility index (Phi) is 11.8. The molecule has 8 rings (SSSR count). The number of allylic oxidation sites excluding steroid dienone is 8. The van der Waals surface area contributed by atoms with Crippen LogP contribution in [0.15, 0.2) is 131 Å². The molecule has 7 heteroatoms. The van der Waals surface area contributed by atoms with E-state index in [1.807, 2.05) is 12.1 Å². The minimum absolute atomic E-state index is 0. The fraction of sp³-hybridized carbons (Fsp3) is 0.308. The van der Waals surface area contributed by atoms with Crippen molar-refractivity contribution in [3.63, 3.8) is 0 Å². The monoisotopic (exact) mass is 916 g/mol. The van der Waals surface area contributed by atoms with Gasteiger partial charge in [0.05, 0.1) is 25.2 Å². The zero-order chi connectivity index (χ0) is 41.1. The van der Waals surface area contributed by atoms with Crippen molar-refractivity contribution in [2.75, 3.05) is 32.2 Å². The van der Waals surface area contributed by atoms with Gasteiger partial charge in [-0.1, -0.05) is 85.6 Å². The van der Waals surface area contributed by atoms with Gasteiger partial charge in [0.2, 0.25) is 5.69 Å². The number of carbonyl (C=O) groups excluding carboxylic acids is 1. The van der Waals surface area contributed by atoms with Crippen LogP contribution in [0.2, 0.25) is 0 Å². The molecule has 2 heterocycles. The van der Waals surface area contributed by atoms with Crippen LogP contribution in [-0.2, 0) is 15.6 Å². The van der Waals surface area contributed by atoms with E-state index in [0.717, 1.165) is 47.9 Å². The van der Waals surface area contributed by atoms with Crippen LogP contribution < -0.4 is 33.6 Å². The van der Waals surface area contributed by atoms with E-state index in [1.165, 1.54) is 73.7 Å². The molecule has 0 N–H and O–H groups in total. The maximum absolute atomic E-state index is 12.3. The van der Waals surface area contributed by atoms with Gasteiger partial charge in [-0.2, -0.15) is 4.58 Å². The van der Waals surface area contributed by atoms with E-state index in [1.54, 1.807) is 7.11 Å². The molecule has 0 radical (unpaired) electrons. The molecule has 1 aliphatic carbocycles. The van der Waals surface area contributed by atoms with Crippen molar-refractivity contribution in [1.82, 2.24) is 0 Å². The molecule has 59 heavy (non-hydrogen) atoms. The van der Waals surface area contributed by atoms with E-state index in [9.17, 15) is 4.79 Å². The highest BCUT2D eigenvalue weighted by Gasteiger charge is 2.45. The number of likely N-dealkylation sites (N-methyl/N-ethyl adjacent to an activating group) is 1. The molecular weight excluding hydrogens is 863 g/mol. The maximum Gasteiger partial charge on any atom is 0.337 e. The summed E-state index contributed by atoms with van der Waals surface area (Å²) in [6.07, 6.45) is 10.7. The first-order valence-corrected chi connectivity index (χ1v) is 20.9. The molecule has 0 aromatic heterocycles. The molecule has 5 nitrogen and oxygen atoms in total. The lowest BCUT2D eigenvalue weighted by Gasteiger charge is -2.28. The molecule has 2 aliphatic heterocycles. The van der Waals surface area contributed by atoms with Gasteiger partial charge in [0.1, 0.15) is 12.3 Å². The van der Waals surface area contributed by atoms with Crippen LogP contribution in [0.4, 0.5) is 11.4 Å². The first-order chi connectivity index (χ1) is 27.8. The van der Waals surface area contributed by atoms with Crippen molar-refractivity contribution in [2.45, 2.75) is 78.1 Å².